The Morgan fingerprint density at radius 3 is 2.21 bits per heavy atom. The smallest absolute Gasteiger partial charge is 0.320 e. The molecular formula is C10H8B3ClN2O3. The van der Waals surface area contributed by atoms with Crippen LogP contribution in [0.15, 0.2) is 0 Å². The first kappa shape index (κ1) is 15.7. The van der Waals surface area contributed by atoms with Crippen LogP contribution in [0.5, 0.6) is 0 Å². The second-order valence-corrected chi connectivity index (χ2v) is 4.29. The molecule has 0 saturated heterocycles. The standard InChI is InChI=1S/C10H8B3ClN2O3/c11-5-4(3(17)1-2(15)10(18)19)9(16)7(13)8(14)6(5)12/h2H,1,15-16H2,(H,18,19). The molecule has 0 aliphatic carbocycles. The Morgan fingerprint density at radius 2 is 1.74 bits per heavy atom. The third kappa shape index (κ3) is 2.96. The third-order valence-corrected chi connectivity index (χ3v) is 3.00. The van der Waals surface area contributed by atoms with Gasteiger partial charge in [-0.15, -0.1) is 0 Å². The van der Waals surface area contributed by atoms with E-state index < -0.39 is 24.2 Å². The number of carboxylic acids is 1. The van der Waals surface area contributed by atoms with Gasteiger partial charge >= 0.3 is 5.97 Å². The maximum Gasteiger partial charge on any atom is 0.320 e. The van der Waals surface area contributed by atoms with E-state index in [-0.39, 0.29) is 32.7 Å². The maximum atomic E-state index is 12.0. The predicted molar refractivity (Wildman–Crippen MR) is 76.6 cm³/mol. The summed E-state index contributed by atoms with van der Waals surface area (Å²) in [4.78, 5) is 22.6. The zero-order valence-electron chi connectivity index (χ0n) is 9.81. The SMILES string of the molecule is [B]c1c([B])c(C(=O)CC(N)C(=O)O)c(N)c([B])c1Cl. The summed E-state index contributed by atoms with van der Waals surface area (Å²) >= 11 is 5.78. The molecule has 0 heterocycles. The molecule has 19 heavy (non-hydrogen) atoms. The van der Waals surface area contributed by atoms with E-state index in [0.29, 0.717) is 0 Å². The second kappa shape index (κ2) is 5.71. The summed E-state index contributed by atoms with van der Waals surface area (Å²) in [7, 11) is 16.8. The molecule has 1 rings (SSSR count). The Balaban J connectivity index is 3.28. The summed E-state index contributed by atoms with van der Waals surface area (Å²) in [6.07, 6.45) is -0.482. The van der Waals surface area contributed by atoms with Crippen molar-refractivity contribution in [3.8, 4) is 0 Å². The number of aliphatic carboxylic acids is 1. The van der Waals surface area contributed by atoms with Crippen LogP contribution in [0, 0.1) is 0 Å². The lowest BCUT2D eigenvalue weighted by atomic mass is 9.72. The van der Waals surface area contributed by atoms with Gasteiger partial charge < -0.3 is 16.6 Å². The molecule has 0 aliphatic heterocycles. The molecule has 5 N–H and O–H groups in total. The summed E-state index contributed by atoms with van der Waals surface area (Å²) < 4.78 is 0. The molecule has 0 aliphatic rings. The van der Waals surface area contributed by atoms with Crippen LogP contribution in [-0.2, 0) is 4.79 Å². The van der Waals surface area contributed by atoms with Gasteiger partial charge in [0.15, 0.2) is 5.78 Å². The molecule has 1 aromatic carbocycles. The van der Waals surface area contributed by atoms with Crippen LogP contribution in [0.3, 0.4) is 0 Å². The zero-order valence-corrected chi connectivity index (χ0v) is 10.6. The molecular weight excluding hydrogens is 264 g/mol. The largest absolute Gasteiger partial charge is 0.480 e. The molecule has 6 radical (unpaired) electrons. The molecule has 5 nitrogen and oxygen atoms in total. The van der Waals surface area contributed by atoms with Crippen molar-refractivity contribution in [1.29, 1.82) is 0 Å². The minimum absolute atomic E-state index is 0.0471. The zero-order chi connectivity index (χ0) is 14.9. The molecule has 0 amide bonds. The van der Waals surface area contributed by atoms with Gasteiger partial charge in [-0.3, -0.25) is 9.59 Å². The number of ketones is 1. The van der Waals surface area contributed by atoms with Crippen LogP contribution in [-0.4, -0.2) is 46.4 Å². The van der Waals surface area contributed by atoms with Gasteiger partial charge in [0.05, 0.1) is 0 Å². The van der Waals surface area contributed by atoms with Crippen LogP contribution in [0.2, 0.25) is 5.02 Å². The van der Waals surface area contributed by atoms with Gasteiger partial charge in [0.2, 0.25) is 0 Å². The Bertz CT molecular complexity index is 536. The summed E-state index contributed by atoms with van der Waals surface area (Å²) in [5.41, 5.74) is 10.3. The molecule has 1 atom stereocenters. The molecule has 0 bridgehead atoms. The second-order valence-electron chi connectivity index (χ2n) is 3.92. The molecule has 92 valence electrons. The number of carbonyl (C=O) groups excluding carboxylic acids is 1. The lowest BCUT2D eigenvalue weighted by Crippen LogP contribution is -2.40. The minimum Gasteiger partial charge on any atom is -0.480 e. The average Bonchev–Trinajstić information content (AvgIpc) is 2.34. The maximum absolute atomic E-state index is 12.0. The number of carboxylic acid groups (broad SMARTS) is 1. The molecule has 0 spiro atoms. The highest BCUT2D eigenvalue weighted by molar-refractivity contribution is 6.61. The van der Waals surface area contributed by atoms with Gasteiger partial charge in [0, 0.05) is 22.7 Å². The Kier molecular flexibility index (Phi) is 4.71. The van der Waals surface area contributed by atoms with E-state index in [1.165, 1.54) is 0 Å². The van der Waals surface area contributed by atoms with Gasteiger partial charge in [0.1, 0.15) is 29.6 Å². The van der Waals surface area contributed by atoms with E-state index in [0.717, 1.165) is 0 Å². The summed E-state index contributed by atoms with van der Waals surface area (Å²) in [5, 5.41) is 8.61. The van der Waals surface area contributed by atoms with E-state index >= 15 is 0 Å². The van der Waals surface area contributed by atoms with E-state index in [4.69, 9.17) is 51.7 Å². The first-order chi connectivity index (χ1) is 8.68. The molecule has 0 saturated carbocycles. The van der Waals surface area contributed by atoms with Crippen LogP contribution in [0.25, 0.3) is 0 Å². The Hall–Kier alpha value is -1.40. The summed E-state index contributed by atoms with van der Waals surface area (Å²) in [6.45, 7) is 0. The van der Waals surface area contributed by atoms with Crippen LogP contribution >= 0.6 is 11.6 Å². The fourth-order valence-corrected chi connectivity index (χ4v) is 1.69. The topological polar surface area (TPSA) is 106 Å². The lowest BCUT2D eigenvalue weighted by molar-refractivity contribution is -0.138. The Morgan fingerprint density at radius 1 is 1.21 bits per heavy atom. The number of hydrogen-bond acceptors (Lipinski definition) is 4. The highest BCUT2D eigenvalue weighted by Gasteiger charge is 2.22. The number of carbonyl (C=O) groups is 2. The number of Topliss-reactive ketones (excluding diaryl/α,β-unsaturated/α-hetero) is 1. The van der Waals surface area contributed by atoms with Gasteiger partial charge in [-0.05, 0) is 0 Å². The first-order valence-corrected chi connectivity index (χ1v) is 5.49. The van der Waals surface area contributed by atoms with Gasteiger partial charge in [-0.25, -0.2) is 0 Å². The minimum atomic E-state index is -1.37. The van der Waals surface area contributed by atoms with Crippen molar-refractivity contribution in [2.45, 2.75) is 12.5 Å². The molecule has 1 unspecified atom stereocenters. The predicted octanol–water partition coefficient (Wildman–Crippen LogP) is -2.71. The number of nitrogen functional groups attached to an aromatic ring is 1. The number of hydrogen-bond donors (Lipinski definition) is 3. The third-order valence-electron chi connectivity index (χ3n) is 2.59. The molecule has 1 aromatic rings. The van der Waals surface area contributed by atoms with Crippen molar-refractivity contribution in [3.63, 3.8) is 0 Å². The van der Waals surface area contributed by atoms with Crippen molar-refractivity contribution >= 4 is 69.0 Å². The highest BCUT2D eigenvalue weighted by atomic mass is 35.5. The van der Waals surface area contributed by atoms with Crippen molar-refractivity contribution in [2.75, 3.05) is 5.73 Å². The fourth-order valence-electron chi connectivity index (χ4n) is 1.49. The lowest BCUT2D eigenvalue weighted by Gasteiger charge is -2.18. The Labute approximate surface area is 118 Å². The molecule has 0 fully saturated rings. The van der Waals surface area contributed by atoms with E-state index in [1.807, 2.05) is 0 Å². The van der Waals surface area contributed by atoms with E-state index in [9.17, 15) is 9.59 Å². The van der Waals surface area contributed by atoms with Crippen LogP contribution in [0.1, 0.15) is 16.8 Å². The molecule has 9 heteroatoms. The van der Waals surface area contributed by atoms with Crippen molar-refractivity contribution < 1.29 is 14.7 Å². The van der Waals surface area contributed by atoms with Crippen molar-refractivity contribution in [1.82, 2.24) is 0 Å². The number of benzene rings is 1. The average molecular weight is 272 g/mol. The monoisotopic (exact) mass is 272 g/mol. The van der Waals surface area contributed by atoms with Gasteiger partial charge in [-0.2, -0.15) is 0 Å². The number of halogens is 1. The number of anilines is 1. The van der Waals surface area contributed by atoms with Crippen molar-refractivity contribution in [3.05, 3.63) is 10.6 Å². The quantitative estimate of drug-likeness (QED) is 0.314. The van der Waals surface area contributed by atoms with E-state index in [1.54, 1.807) is 0 Å². The van der Waals surface area contributed by atoms with Crippen molar-refractivity contribution in [2.24, 2.45) is 5.73 Å². The molecule has 0 aromatic heterocycles. The fraction of sp³-hybridized carbons (Fsp3) is 0.200. The number of rotatable bonds is 4. The normalized spacial score (nSPS) is 12.1. The highest BCUT2D eigenvalue weighted by Crippen LogP contribution is 2.13. The summed E-state index contributed by atoms with van der Waals surface area (Å²) in [5.74, 6) is -1.99. The first-order valence-electron chi connectivity index (χ1n) is 5.11. The van der Waals surface area contributed by atoms with Crippen LogP contribution in [0.4, 0.5) is 5.69 Å². The van der Waals surface area contributed by atoms with Gasteiger partial charge in [0.25, 0.3) is 0 Å². The number of nitrogens with two attached hydrogens (primary N) is 2. The summed E-state index contributed by atoms with van der Waals surface area (Å²) in [6, 6.07) is -1.37. The van der Waals surface area contributed by atoms with Gasteiger partial charge in [-0.1, -0.05) is 28.0 Å². The van der Waals surface area contributed by atoms with Crippen LogP contribution < -0.4 is 27.9 Å². The van der Waals surface area contributed by atoms with E-state index in [2.05, 4.69) is 0 Å².